The third-order valence-corrected chi connectivity index (χ3v) is 7.60. The largest absolute Gasteiger partial charge is 0.497 e. The van der Waals surface area contributed by atoms with E-state index in [1.165, 1.54) is 27.4 Å². The molecule has 1 aliphatic rings. The summed E-state index contributed by atoms with van der Waals surface area (Å²) in [7, 11) is -0.616. The van der Waals surface area contributed by atoms with Gasteiger partial charge in [-0.3, -0.25) is 4.79 Å². The summed E-state index contributed by atoms with van der Waals surface area (Å²) in [6.45, 7) is 0.427. The van der Waals surface area contributed by atoms with E-state index in [-0.39, 0.29) is 27.4 Å². The Labute approximate surface area is 181 Å². The Bertz CT molecular complexity index is 1010. The van der Waals surface area contributed by atoms with Gasteiger partial charge in [-0.25, -0.2) is 8.42 Å². The van der Waals surface area contributed by atoms with Gasteiger partial charge in [0.1, 0.15) is 10.6 Å². The van der Waals surface area contributed by atoms with E-state index in [1.807, 2.05) is 6.07 Å². The van der Waals surface area contributed by atoms with Crippen LogP contribution in [-0.2, 0) is 14.8 Å². The number of amides is 1. The molecule has 0 N–H and O–H groups in total. The van der Waals surface area contributed by atoms with Gasteiger partial charge in [-0.2, -0.15) is 4.31 Å². The molecule has 9 heteroatoms. The van der Waals surface area contributed by atoms with Gasteiger partial charge in [0, 0.05) is 36.9 Å². The molecule has 0 radical (unpaired) electrons. The summed E-state index contributed by atoms with van der Waals surface area (Å²) in [5, 5.41) is 0.395. The van der Waals surface area contributed by atoms with Crippen LogP contribution in [0.25, 0.3) is 0 Å². The highest BCUT2D eigenvalue weighted by molar-refractivity contribution is 7.89. The van der Waals surface area contributed by atoms with Crippen LogP contribution in [0.15, 0.2) is 47.4 Å². The number of anilines is 1. The van der Waals surface area contributed by atoms with Gasteiger partial charge in [0.15, 0.2) is 0 Å². The van der Waals surface area contributed by atoms with Gasteiger partial charge in [0.05, 0.1) is 18.1 Å². The van der Waals surface area contributed by atoms with Crippen molar-refractivity contribution in [2.75, 3.05) is 32.1 Å². The van der Waals surface area contributed by atoms with E-state index in [4.69, 9.17) is 27.9 Å². The molecule has 0 unspecified atom stereocenters. The molecule has 2 aromatic rings. The number of hydrogen-bond acceptors (Lipinski definition) is 4. The first-order chi connectivity index (χ1) is 13.7. The van der Waals surface area contributed by atoms with E-state index in [0.717, 1.165) is 0 Å². The lowest BCUT2D eigenvalue weighted by molar-refractivity contribution is -0.123. The second-order valence-corrected chi connectivity index (χ2v) is 9.63. The molecule has 6 nitrogen and oxygen atoms in total. The van der Waals surface area contributed by atoms with Crippen LogP contribution >= 0.6 is 23.2 Å². The molecule has 156 valence electrons. The Balaban J connectivity index is 1.81. The van der Waals surface area contributed by atoms with Crippen molar-refractivity contribution in [2.24, 2.45) is 5.92 Å². The van der Waals surface area contributed by atoms with Gasteiger partial charge in [-0.1, -0.05) is 29.3 Å². The van der Waals surface area contributed by atoms with Crippen molar-refractivity contribution in [3.05, 3.63) is 52.5 Å². The van der Waals surface area contributed by atoms with Gasteiger partial charge < -0.3 is 9.64 Å². The molecule has 1 saturated heterocycles. The minimum atomic E-state index is -3.86. The Morgan fingerprint density at radius 3 is 2.69 bits per heavy atom. The number of carbonyl (C=O) groups is 1. The predicted octanol–water partition coefficient (Wildman–Crippen LogP) is 4.07. The summed E-state index contributed by atoms with van der Waals surface area (Å²) < 4.78 is 32.7. The molecule has 29 heavy (non-hydrogen) atoms. The molecule has 0 aromatic heterocycles. The number of carbonyl (C=O) groups excluding carboxylic acids is 1. The van der Waals surface area contributed by atoms with E-state index in [2.05, 4.69) is 0 Å². The van der Waals surface area contributed by atoms with Gasteiger partial charge in [0.25, 0.3) is 0 Å². The number of piperidine rings is 1. The topological polar surface area (TPSA) is 66.9 Å². The number of rotatable bonds is 5. The Morgan fingerprint density at radius 2 is 1.97 bits per heavy atom. The minimum Gasteiger partial charge on any atom is -0.497 e. The molecule has 1 amide bonds. The number of sulfonamides is 1. The first kappa shape index (κ1) is 21.9. The third kappa shape index (κ3) is 4.69. The number of methoxy groups -OCH3 is 1. The van der Waals surface area contributed by atoms with Crippen LogP contribution in [0.2, 0.25) is 10.0 Å². The SMILES string of the molecule is COc1cccc(N(C)C(=O)[C@@H]2CCCN(S(=O)(=O)c3cc(Cl)ccc3Cl)C2)c1. The van der Waals surface area contributed by atoms with Gasteiger partial charge >= 0.3 is 0 Å². The van der Waals surface area contributed by atoms with Crippen molar-refractivity contribution in [1.29, 1.82) is 0 Å². The lowest BCUT2D eigenvalue weighted by Crippen LogP contribution is -2.46. The van der Waals surface area contributed by atoms with Crippen LogP contribution in [-0.4, -0.2) is 45.9 Å². The third-order valence-electron chi connectivity index (χ3n) is 5.02. The number of ether oxygens (including phenoxy) is 1. The van der Waals surface area contributed by atoms with E-state index in [9.17, 15) is 13.2 Å². The van der Waals surface area contributed by atoms with Gasteiger partial charge in [-0.15, -0.1) is 0 Å². The number of benzene rings is 2. The van der Waals surface area contributed by atoms with Crippen LogP contribution < -0.4 is 9.64 Å². The predicted molar refractivity (Wildman–Crippen MR) is 114 cm³/mol. The van der Waals surface area contributed by atoms with Crippen molar-refractivity contribution >= 4 is 44.8 Å². The fourth-order valence-corrected chi connectivity index (χ4v) is 5.66. The second-order valence-electron chi connectivity index (χ2n) is 6.88. The van der Waals surface area contributed by atoms with Gasteiger partial charge in [0.2, 0.25) is 15.9 Å². The fraction of sp³-hybridized carbons (Fsp3) is 0.350. The second kappa shape index (κ2) is 8.92. The lowest BCUT2D eigenvalue weighted by atomic mass is 9.98. The summed E-state index contributed by atoms with van der Waals surface area (Å²) in [5.74, 6) is 0.0497. The molecular formula is C20H22Cl2N2O4S. The van der Waals surface area contributed by atoms with Crippen LogP contribution in [0.1, 0.15) is 12.8 Å². The van der Waals surface area contributed by atoms with E-state index < -0.39 is 15.9 Å². The normalized spacial score (nSPS) is 17.7. The molecule has 1 fully saturated rings. The van der Waals surface area contributed by atoms with E-state index >= 15 is 0 Å². The molecule has 2 aromatic carbocycles. The maximum absolute atomic E-state index is 13.1. The van der Waals surface area contributed by atoms with Crippen LogP contribution in [0.3, 0.4) is 0 Å². The standard InChI is InChI=1S/C20H22Cl2N2O4S/c1-23(16-6-3-7-17(12-16)28-2)20(25)14-5-4-10-24(13-14)29(26,27)19-11-15(21)8-9-18(19)22/h3,6-9,11-12,14H,4-5,10,13H2,1-2H3/t14-/m1/s1. The van der Waals surface area contributed by atoms with Gasteiger partial charge in [-0.05, 0) is 43.2 Å². The smallest absolute Gasteiger partial charge is 0.244 e. The molecule has 0 saturated carbocycles. The Kier molecular flexibility index (Phi) is 6.73. The first-order valence-electron chi connectivity index (χ1n) is 9.11. The quantitative estimate of drug-likeness (QED) is 0.679. The average molecular weight is 457 g/mol. The average Bonchev–Trinajstić information content (AvgIpc) is 2.74. The maximum Gasteiger partial charge on any atom is 0.244 e. The zero-order valence-electron chi connectivity index (χ0n) is 16.1. The van der Waals surface area contributed by atoms with Crippen LogP contribution in [0.4, 0.5) is 5.69 Å². The summed E-state index contributed by atoms with van der Waals surface area (Å²) in [5.41, 5.74) is 0.687. The lowest BCUT2D eigenvalue weighted by Gasteiger charge is -2.33. The van der Waals surface area contributed by atoms with Crippen LogP contribution in [0.5, 0.6) is 5.75 Å². The number of hydrogen-bond donors (Lipinski definition) is 0. The highest BCUT2D eigenvalue weighted by Gasteiger charge is 2.35. The Morgan fingerprint density at radius 1 is 1.21 bits per heavy atom. The minimum absolute atomic E-state index is 0.0408. The van der Waals surface area contributed by atoms with Crippen LogP contribution in [0, 0.1) is 5.92 Å². The number of nitrogens with zero attached hydrogens (tertiary/aromatic N) is 2. The molecule has 3 rings (SSSR count). The molecule has 0 bridgehead atoms. The summed E-state index contributed by atoms with van der Waals surface area (Å²) in [4.78, 5) is 14.5. The maximum atomic E-state index is 13.1. The highest BCUT2D eigenvalue weighted by atomic mass is 35.5. The van der Waals surface area contributed by atoms with Crippen molar-refractivity contribution in [3.8, 4) is 5.75 Å². The molecule has 0 spiro atoms. The van der Waals surface area contributed by atoms with Crippen molar-refractivity contribution < 1.29 is 17.9 Å². The molecule has 1 atom stereocenters. The molecule has 1 aliphatic heterocycles. The van der Waals surface area contributed by atoms with E-state index in [0.29, 0.717) is 30.8 Å². The Hall–Kier alpha value is -1.80. The highest BCUT2D eigenvalue weighted by Crippen LogP contribution is 2.31. The van der Waals surface area contributed by atoms with Crippen molar-refractivity contribution in [2.45, 2.75) is 17.7 Å². The summed E-state index contributed by atoms with van der Waals surface area (Å²) in [6.07, 6.45) is 1.20. The van der Waals surface area contributed by atoms with Crippen molar-refractivity contribution in [3.63, 3.8) is 0 Å². The molecule has 1 heterocycles. The molecular weight excluding hydrogens is 435 g/mol. The summed E-state index contributed by atoms with van der Waals surface area (Å²) in [6, 6.07) is 11.5. The fourth-order valence-electron chi connectivity index (χ4n) is 3.40. The van der Waals surface area contributed by atoms with Crippen molar-refractivity contribution in [1.82, 2.24) is 4.31 Å². The zero-order valence-corrected chi connectivity index (χ0v) is 18.5. The zero-order chi connectivity index (χ0) is 21.2. The number of halogens is 2. The van der Waals surface area contributed by atoms with E-state index in [1.54, 1.807) is 32.4 Å². The monoisotopic (exact) mass is 456 g/mol. The molecule has 0 aliphatic carbocycles. The summed E-state index contributed by atoms with van der Waals surface area (Å²) >= 11 is 12.1. The first-order valence-corrected chi connectivity index (χ1v) is 11.3.